The third-order valence-electron chi connectivity index (χ3n) is 10.2. The Kier molecular flexibility index (Phi) is 9.93. The van der Waals surface area contributed by atoms with Crippen LogP contribution in [-0.2, 0) is 34.5 Å². The summed E-state index contributed by atoms with van der Waals surface area (Å²) in [4.78, 5) is 35.8. The zero-order valence-electron chi connectivity index (χ0n) is 28.6. The Bertz CT molecular complexity index is 2060. The highest BCUT2D eigenvalue weighted by molar-refractivity contribution is 7.89. The molecule has 52 heavy (non-hydrogen) atoms. The second-order valence-corrected chi connectivity index (χ2v) is 15.5. The topological polar surface area (TPSA) is 146 Å². The van der Waals surface area contributed by atoms with E-state index in [0.717, 1.165) is 61.3 Å². The second kappa shape index (κ2) is 14.4. The minimum absolute atomic E-state index is 0.0815. The van der Waals surface area contributed by atoms with E-state index in [0.29, 0.717) is 37.5 Å². The number of amides is 3. The van der Waals surface area contributed by atoms with Gasteiger partial charge >= 0.3 is 12.2 Å². The number of carbonyl (C=O) groups is 2. The summed E-state index contributed by atoms with van der Waals surface area (Å²) in [6, 6.07) is 12.8. The molecule has 3 fully saturated rings. The van der Waals surface area contributed by atoms with Gasteiger partial charge in [0.25, 0.3) is 0 Å². The molecular weight excluding hydrogens is 700 g/mol. The van der Waals surface area contributed by atoms with E-state index >= 15 is 0 Å². The SMILES string of the molecule is Cn1nc(N2CCC(=O)NC2=O)c2ccc(C3CCN(CCc4cccc(S(=O)(=O)N5CCC(Nc6ncc(C(F)(F)F)cn6)CC5)c4)CC3)cc21. The average molecular weight is 740 g/mol. The fourth-order valence-corrected chi connectivity index (χ4v) is 8.78. The summed E-state index contributed by atoms with van der Waals surface area (Å²) in [6.45, 7) is 3.48. The summed E-state index contributed by atoms with van der Waals surface area (Å²) >= 11 is 0. The van der Waals surface area contributed by atoms with Crippen molar-refractivity contribution >= 4 is 44.6 Å². The van der Waals surface area contributed by atoms with E-state index < -0.39 is 27.8 Å². The second-order valence-electron chi connectivity index (χ2n) is 13.6. The molecule has 3 aliphatic heterocycles. The maximum atomic E-state index is 13.5. The van der Waals surface area contributed by atoms with Crippen LogP contribution in [-0.4, -0.2) is 94.6 Å². The molecule has 0 radical (unpaired) electrons. The minimum Gasteiger partial charge on any atom is -0.351 e. The van der Waals surface area contributed by atoms with Crippen molar-refractivity contribution in [3.8, 4) is 0 Å². The van der Waals surface area contributed by atoms with E-state index in [4.69, 9.17) is 0 Å². The van der Waals surface area contributed by atoms with E-state index in [1.807, 2.05) is 19.2 Å². The number of imide groups is 1. The number of hydrogen-bond donors (Lipinski definition) is 2. The smallest absolute Gasteiger partial charge is 0.351 e. The summed E-state index contributed by atoms with van der Waals surface area (Å²) in [6.07, 6.45) is 0.808. The highest BCUT2D eigenvalue weighted by Gasteiger charge is 2.33. The lowest BCUT2D eigenvalue weighted by Gasteiger charge is -2.32. The van der Waals surface area contributed by atoms with Crippen molar-refractivity contribution in [1.29, 1.82) is 0 Å². The van der Waals surface area contributed by atoms with Gasteiger partial charge in [-0.25, -0.2) is 23.2 Å². The number of benzene rings is 2. The highest BCUT2D eigenvalue weighted by atomic mass is 32.2. The van der Waals surface area contributed by atoms with Crippen LogP contribution < -0.4 is 15.5 Å². The number of halogens is 3. The first-order chi connectivity index (χ1) is 24.8. The van der Waals surface area contributed by atoms with E-state index in [1.54, 1.807) is 22.9 Å². The van der Waals surface area contributed by atoms with E-state index in [9.17, 15) is 31.2 Å². The van der Waals surface area contributed by atoms with Crippen molar-refractivity contribution in [2.24, 2.45) is 7.05 Å². The zero-order chi connectivity index (χ0) is 36.6. The average Bonchev–Trinajstić information content (AvgIpc) is 3.46. The standard InChI is InChI=1S/C35H40F3N9O4S/c1-44-30-20-25(5-6-29(30)32(43-44)47-18-12-31(48)42-34(47)49)24-8-14-45(15-9-24)13-7-23-3-2-4-28(19-23)52(50,51)46-16-10-27(11-17-46)41-33-39-21-26(22-40-33)35(36,37)38/h2-6,19-22,24,27H,7-18H2,1H3,(H,39,40,41)(H,42,48,49). The Morgan fingerprint density at radius 3 is 2.37 bits per heavy atom. The van der Waals surface area contributed by atoms with Crippen molar-refractivity contribution in [3.05, 3.63) is 71.5 Å². The number of sulfonamides is 1. The third-order valence-corrected chi connectivity index (χ3v) is 12.1. The zero-order valence-corrected chi connectivity index (χ0v) is 29.5. The minimum atomic E-state index is -4.51. The normalized spacial score (nSPS) is 19.0. The van der Waals surface area contributed by atoms with Crippen LogP contribution in [0.4, 0.5) is 29.7 Å². The molecule has 17 heteroatoms. The van der Waals surface area contributed by atoms with Gasteiger partial charge in [0.15, 0.2) is 5.82 Å². The highest BCUT2D eigenvalue weighted by Crippen LogP contribution is 2.34. The van der Waals surface area contributed by atoms with Gasteiger partial charge in [-0.2, -0.15) is 22.6 Å². The molecule has 0 saturated carbocycles. The summed E-state index contributed by atoms with van der Waals surface area (Å²) in [5, 5.41) is 10.9. The molecule has 0 unspecified atom stereocenters. The van der Waals surface area contributed by atoms with Gasteiger partial charge < -0.3 is 10.2 Å². The number of nitrogens with zero attached hydrogens (tertiary/aromatic N) is 7. The molecule has 0 spiro atoms. The molecule has 0 aliphatic carbocycles. The van der Waals surface area contributed by atoms with Gasteiger partial charge in [-0.1, -0.05) is 18.2 Å². The summed E-state index contributed by atoms with van der Waals surface area (Å²) in [5.74, 6) is 0.729. The summed E-state index contributed by atoms with van der Waals surface area (Å²) < 4.78 is 68.8. The van der Waals surface area contributed by atoms with Crippen LogP contribution in [0.3, 0.4) is 0 Å². The number of aryl methyl sites for hydroxylation is 1. The Labute approximate surface area is 299 Å². The fourth-order valence-electron chi connectivity index (χ4n) is 7.23. The molecule has 276 valence electrons. The Morgan fingerprint density at radius 2 is 1.67 bits per heavy atom. The number of fused-ring (bicyclic) bond motifs is 1. The number of aromatic nitrogens is 4. The van der Waals surface area contributed by atoms with E-state index in [1.165, 1.54) is 14.8 Å². The molecule has 3 amide bonds. The molecule has 4 aromatic rings. The first kappa shape index (κ1) is 35.8. The van der Waals surface area contributed by atoms with E-state index in [-0.39, 0.29) is 42.3 Å². The van der Waals surface area contributed by atoms with Crippen molar-refractivity contribution in [3.63, 3.8) is 0 Å². The third kappa shape index (κ3) is 7.61. The Balaban J connectivity index is 0.901. The number of carbonyl (C=O) groups excluding carboxylic acids is 2. The van der Waals surface area contributed by atoms with Gasteiger partial charge in [-0.15, -0.1) is 0 Å². The number of alkyl halides is 3. The lowest BCUT2D eigenvalue weighted by atomic mass is 9.89. The van der Waals surface area contributed by atoms with Crippen molar-refractivity contribution in [2.75, 3.05) is 49.5 Å². The molecule has 2 N–H and O–H groups in total. The maximum Gasteiger partial charge on any atom is 0.419 e. The number of piperidine rings is 2. The van der Waals surface area contributed by atoms with Crippen LogP contribution >= 0.6 is 0 Å². The Morgan fingerprint density at radius 1 is 0.942 bits per heavy atom. The van der Waals surface area contributed by atoms with Crippen LogP contribution in [0.1, 0.15) is 54.7 Å². The van der Waals surface area contributed by atoms with Gasteiger partial charge in [0.1, 0.15) is 0 Å². The molecule has 13 nitrogen and oxygen atoms in total. The molecule has 7 rings (SSSR count). The largest absolute Gasteiger partial charge is 0.419 e. The quantitative estimate of drug-likeness (QED) is 0.253. The summed E-state index contributed by atoms with van der Waals surface area (Å²) in [5.41, 5.74) is 2.18. The predicted molar refractivity (Wildman–Crippen MR) is 187 cm³/mol. The van der Waals surface area contributed by atoms with Crippen LogP contribution in [0, 0.1) is 0 Å². The molecule has 0 atom stereocenters. The molecule has 0 bridgehead atoms. The molecular formula is C35H40F3N9O4S. The summed E-state index contributed by atoms with van der Waals surface area (Å²) in [7, 11) is -1.86. The van der Waals surface area contributed by atoms with Crippen LogP contribution in [0.15, 0.2) is 59.8 Å². The van der Waals surface area contributed by atoms with Gasteiger partial charge in [0, 0.05) is 63.5 Å². The Hall–Kier alpha value is -4.61. The van der Waals surface area contributed by atoms with Crippen molar-refractivity contribution in [1.82, 2.24) is 34.3 Å². The fraction of sp³-hybridized carbons (Fsp3) is 0.457. The van der Waals surface area contributed by atoms with Gasteiger partial charge in [0.2, 0.25) is 21.9 Å². The number of hydrogen-bond acceptors (Lipinski definition) is 9. The number of likely N-dealkylation sites (tertiary alicyclic amines) is 1. The van der Waals surface area contributed by atoms with Crippen LogP contribution in [0.5, 0.6) is 0 Å². The number of urea groups is 1. The lowest BCUT2D eigenvalue weighted by molar-refractivity contribution is -0.138. The number of nitrogens with one attached hydrogen (secondary N) is 2. The van der Waals surface area contributed by atoms with Gasteiger partial charge in [0.05, 0.1) is 16.0 Å². The molecule has 2 aromatic carbocycles. The number of rotatable bonds is 9. The van der Waals surface area contributed by atoms with Crippen molar-refractivity contribution in [2.45, 2.75) is 61.6 Å². The molecule has 3 saturated heterocycles. The van der Waals surface area contributed by atoms with Crippen molar-refractivity contribution < 1.29 is 31.2 Å². The molecule has 5 heterocycles. The van der Waals surface area contributed by atoms with Gasteiger partial charge in [-0.3, -0.25) is 19.7 Å². The first-order valence-electron chi connectivity index (χ1n) is 17.4. The van der Waals surface area contributed by atoms with Crippen LogP contribution in [0.2, 0.25) is 0 Å². The maximum absolute atomic E-state index is 13.5. The van der Waals surface area contributed by atoms with Gasteiger partial charge in [-0.05, 0) is 86.5 Å². The predicted octanol–water partition coefficient (Wildman–Crippen LogP) is 4.52. The number of anilines is 2. The molecule has 3 aliphatic rings. The monoisotopic (exact) mass is 739 g/mol. The van der Waals surface area contributed by atoms with Crippen LogP contribution in [0.25, 0.3) is 10.9 Å². The van der Waals surface area contributed by atoms with E-state index in [2.05, 4.69) is 42.7 Å². The molecule has 2 aromatic heterocycles. The lowest BCUT2D eigenvalue weighted by Crippen LogP contribution is -2.49. The first-order valence-corrected chi connectivity index (χ1v) is 18.8.